The molecule has 4 heteroatoms. The van der Waals surface area contributed by atoms with Gasteiger partial charge < -0.3 is 15.7 Å². The van der Waals surface area contributed by atoms with Crippen molar-refractivity contribution >= 4 is 5.91 Å². The fourth-order valence-corrected chi connectivity index (χ4v) is 1.47. The Morgan fingerprint density at radius 2 is 2.20 bits per heavy atom. The second-order valence-corrected chi connectivity index (χ2v) is 4.58. The van der Waals surface area contributed by atoms with Gasteiger partial charge in [-0.2, -0.15) is 0 Å². The summed E-state index contributed by atoms with van der Waals surface area (Å²) in [6.45, 7) is 6.35. The number of carbonyl (C=O) groups is 1. The number of nitrogens with one attached hydrogen (secondary N) is 2. The van der Waals surface area contributed by atoms with E-state index in [-0.39, 0.29) is 23.8 Å². The van der Waals surface area contributed by atoms with Gasteiger partial charge in [0.2, 0.25) is 5.91 Å². The average molecular weight is 214 g/mol. The summed E-state index contributed by atoms with van der Waals surface area (Å²) in [7, 11) is 0. The second-order valence-electron chi connectivity index (χ2n) is 4.58. The average Bonchev–Trinajstić information content (AvgIpc) is 3.03. The molecule has 0 bridgehead atoms. The molecule has 0 aliphatic heterocycles. The van der Waals surface area contributed by atoms with Crippen LogP contribution in [-0.4, -0.2) is 37.3 Å². The summed E-state index contributed by atoms with van der Waals surface area (Å²) < 4.78 is 0. The molecule has 0 spiro atoms. The number of carbonyl (C=O) groups excluding carboxylic acids is 1. The van der Waals surface area contributed by atoms with E-state index in [0.29, 0.717) is 13.1 Å². The lowest BCUT2D eigenvalue weighted by Gasteiger charge is -2.16. The van der Waals surface area contributed by atoms with Crippen LogP contribution >= 0.6 is 0 Å². The maximum Gasteiger partial charge on any atom is 0.224 e. The van der Waals surface area contributed by atoms with Crippen molar-refractivity contribution in [1.82, 2.24) is 10.6 Å². The van der Waals surface area contributed by atoms with Crippen LogP contribution in [0.3, 0.4) is 0 Å². The molecule has 4 nitrogen and oxygen atoms in total. The molecule has 1 aliphatic rings. The van der Waals surface area contributed by atoms with E-state index in [9.17, 15) is 4.79 Å². The van der Waals surface area contributed by atoms with E-state index in [4.69, 9.17) is 5.11 Å². The Hall–Kier alpha value is -0.610. The minimum Gasteiger partial charge on any atom is -0.396 e. The quantitative estimate of drug-likeness (QED) is 0.564. The predicted octanol–water partition coefficient (Wildman–Crippen LogP) is 0.121. The molecule has 15 heavy (non-hydrogen) atoms. The van der Waals surface area contributed by atoms with Crippen LogP contribution in [0.25, 0.3) is 0 Å². The number of hydrogen-bond donors (Lipinski definition) is 3. The molecule has 0 aromatic rings. The molecule has 1 saturated carbocycles. The molecule has 1 fully saturated rings. The van der Waals surface area contributed by atoms with Crippen LogP contribution in [0.5, 0.6) is 0 Å². The number of hydrogen-bond acceptors (Lipinski definition) is 3. The Balaban J connectivity index is 2.17. The van der Waals surface area contributed by atoms with Crippen LogP contribution in [0.15, 0.2) is 0 Å². The van der Waals surface area contributed by atoms with E-state index < -0.39 is 0 Å². The van der Waals surface area contributed by atoms with E-state index in [1.165, 1.54) is 0 Å². The monoisotopic (exact) mass is 214 g/mol. The standard InChI is InChI=1S/C11H22N2O2/c1-3-12-6-9(2)10(15)13-7-11(8-14)4-5-11/h9,12,14H,3-8H2,1-2H3,(H,13,15). The van der Waals surface area contributed by atoms with Gasteiger partial charge >= 0.3 is 0 Å². The Morgan fingerprint density at radius 1 is 1.53 bits per heavy atom. The van der Waals surface area contributed by atoms with Crippen molar-refractivity contribution in [2.45, 2.75) is 26.7 Å². The molecular weight excluding hydrogens is 192 g/mol. The smallest absolute Gasteiger partial charge is 0.224 e. The SMILES string of the molecule is CCNCC(C)C(=O)NCC1(CO)CC1. The van der Waals surface area contributed by atoms with Crippen molar-refractivity contribution in [3.8, 4) is 0 Å². The molecule has 1 aliphatic carbocycles. The Kier molecular flexibility index (Phi) is 4.54. The van der Waals surface area contributed by atoms with Crippen molar-refractivity contribution in [1.29, 1.82) is 0 Å². The number of aliphatic hydroxyl groups is 1. The summed E-state index contributed by atoms with van der Waals surface area (Å²) in [5, 5.41) is 15.1. The molecule has 3 N–H and O–H groups in total. The van der Waals surface area contributed by atoms with E-state index >= 15 is 0 Å². The first-order valence-corrected chi connectivity index (χ1v) is 5.73. The van der Waals surface area contributed by atoms with Crippen LogP contribution in [0.2, 0.25) is 0 Å². The van der Waals surface area contributed by atoms with Crippen LogP contribution in [0.1, 0.15) is 26.7 Å². The van der Waals surface area contributed by atoms with Gasteiger partial charge in [-0.1, -0.05) is 13.8 Å². The maximum atomic E-state index is 11.6. The number of aliphatic hydroxyl groups excluding tert-OH is 1. The van der Waals surface area contributed by atoms with Crippen LogP contribution in [-0.2, 0) is 4.79 Å². The zero-order valence-electron chi connectivity index (χ0n) is 9.68. The minimum atomic E-state index is -0.000516. The summed E-state index contributed by atoms with van der Waals surface area (Å²) in [5.41, 5.74) is 0.00750. The highest BCUT2D eigenvalue weighted by Gasteiger charge is 2.42. The largest absolute Gasteiger partial charge is 0.396 e. The van der Waals surface area contributed by atoms with Gasteiger partial charge in [-0.25, -0.2) is 0 Å². The minimum absolute atomic E-state index is 0.000516. The molecule has 88 valence electrons. The molecule has 1 atom stereocenters. The molecule has 0 aromatic heterocycles. The van der Waals surface area contributed by atoms with Gasteiger partial charge in [0.15, 0.2) is 0 Å². The third kappa shape index (κ3) is 3.80. The van der Waals surface area contributed by atoms with Gasteiger partial charge in [-0.15, -0.1) is 0 Å². The van der Waals surface area contributed by atoms with Crippen molar-refractivity contribution in [3.63, 3.8) is 0 Å². The number of rotatable bonds is 7. The van der Waals surface area contributed by atoms with E-state index in [0.717, 1.165) is 19.4 Å². The molecule has 0 radical (unpaired) electrons. The fourth-order valence-electron chi connectivity index (χ4n) is 1.47. The highest BCUT2D eigenvalue weighted by atomic mass is 16.3. The summed E-state index contributed by atoms with van der Waals surface area (Å²) in [6, 6.07) is 0. The van der Waals surface area contributed by atoms with Crippen molar-refractivity contribution in [2.24, 2.45) is 11.3 Å². The van der Waals surface area contributed by atoms with Gasteiger partial charge in [0.25, 0.3) is 0 Å². The zero-order chi connectivity index (χ0) is 11.3. The van der Waals surface area contributed by atoms with Crippen LogP contribution in [0, 0.1) is 11.3 Å². The predicted molar refractivity (Wildman–Crippen MR) is 59.5 cm³/mol. The molecule has 1 unspecified atom stereocenters. The Labute approximate surface area is 91.4 Å². The summed E-state index contributed by atoms with van der Waals surface area (Å²) in [4.78, 5) is 11.6. The summed E-state index contributed by atoms with van der Waals surface area (Å²) in [5.74, 6) is 0.0788. The molecule has 0 heterocycles. The van der Waals surface area contributed by atoms with Crippen molar-refractivity contribution < 1.29 is 9.90 Å². The highest BCUT2D eigenvalue weighted by molar-refractivity contribution is 5.78. The maximum absolute atomic E-state index is 11.6. The van der Waals surface area contributed by atoms with Crippen LogP contribution < -0.4 is 10.6 Å². The summed E-state index contributed by atoms with van der Waals surface area (Å²) in [6.07, 6.45) is 2.07. The van der Waals surface area contributed by atoms with Gasteiger partial charge in [0.1, 0.15) is 0 Å². The molecular formula is C11H22N2O2. The summed E-state index contributed by atoms with van der Waals surface area (Å²) >= 11 is 0. The Morgan fingerprint density at radius 3 is 2.67 bits per heavy atom. The van der Waals surface area contributed by atoms with Gasteiger partial charge in [-0.05, 0) is 19.4 Å². The van der Waals surface area contributed by atoms with Crippen molar-refractivity contribution in [3.05, 3.63) is 0 Å². The molecule has 1 amide bonds. The van der Waals surface area contributed by atoms with E-state index in [1.807, 2.05) is 13.8 Å². The van der Waals surface area contributed by atoms with Crippen molar-refractivity contribution in [2.75, 3.05) is 26.2 Å². The molecule has 1 rings (SSSR count). The third-order valence-corrected chi connectivity index (χ3v) is 3.08. The first-order chi connectivity index (χ1) is 7.13. The van der Waals surface area contributed by atoms with Gasteiger partial charge in [0, 0.05) is 24.4 Å². The first kappa shape index (κ1) is 12.5. The molecule has 0 aromatic carbocycles. The topological polar surface area (TPSA) is 61.4 Å². The lowest BCUT2D eigenvalue weighted by atomic mass is 10.1. The van der Waals surface area contributed by atoms with Gasteiger partial charge in [-0.3, -0.25) is 4.79 Å². The third-order valence-electron chi connectivity index (χ3n) is 3.08. The normalized spacial score (nSPS) is 19.7. The Bertz CT molecular complexity index is 215. The zero-order valence-corrected chi connectivity index (χ0v) is 9.68. The lowest BCUT2D eigenvalue weighted by Crippen LogP contribution is -2.38. The second kappa shape index (κ2) is 5.47. The van der Waals surface area contributed by atoms with E-state index in [2.05, 4.69) is 10.6 Å². The van der Waals surface area contributed by atoms with Gasteiger partial charge in [0.05, 0.1) is 6.61 Å². The number of amides is 1. The van der Waals surface area contributed by atoms with Crippen LogP contribution in [0.4, 0.5) is 0 Å². The highest BCUT2D eigenvalue weighted by Crippen LogP contribution is 2.44. The molecule has 0 saturated heterocycles. The fraction of sp³-hybridized carbons (Fsp3) is 0.909. The van der Waals surface area contributed by atoms with E-state index in [1.54, 1.807) is 0 Å². The first-order valence-electron chi connectivity index (χ1n) is 5.73. The lowest BCUT2D eigenvalue weighted by molar-refractivity contribution is -0.124.